The summed E-state index contributed by atoms with van der Waals surface area (Å²) in [5.41, 5.74) is 3.11. The van der Waals surface area contributed by atoms with Crippen molar-refractivity contribution in [2.45, 2.75) is 24.8 Å². The molecule has 0 spiro atoms. The van der Waals surface area contributed by atoms with Gasteiger partial charge in [0.2, 0.25) is 5.95 Å². The summed E-state index contributed by atoms with van der Waals surface area (Å²) in [6, 6.07) is 2.92. The molecule has 4 aromatic rings. The lowest BCUT2D eigenvalue weighted by atomic mass is 9.98. The van der Waals surface area contributed by atoms with Crippen LogP contribution in [0.4, 0.5) is 20.7 Å². The van der Waals surface area contributed by atoms with E-state index in [-0.39, 0.29) is 12.0 Å². The van der Waals surface area contributed by atoms with E-state index in [1.165, 1.54) is 12.1 Å². The molecule has 10 nitrogen and oxygen atoms in total. The topological polar surface area (TPSA) is 122 Å². The molecular weight excluding hydrogens is 420 g/mol. The number of halogens is 2. The van der Waals surface area contributed by atoms with Gasteiger partial charge in [-0.15, -0.1) is 5.10 Å². The molecule has 1 fully saturated rings. The summed E-state index contributed by atoms with van der Waals surface area (Å²) in [4.78, 5) is 10.6. The second-order valence-corrected chi connectivity index (χ2v) is 7.97. The summed E-state index contributed by atoms with van der Waals surface area (Å²) in [5.74, 6) is -0.611. The van der Waals surface area contributed by atoms with Crippen molar-refractivity contribution in [3.05, 3.63) is 59.2 Å². The molecule has 0 amide bonds. The lowest BCUT2D eigenvalue weighted by molar-refractivity contribution is 0.449. The first-order valence-corrected chi connectivity index (χ1v) is 10.1. The van der Waals surface area contributed by atoms with E-state index in [2.05, 4.69) is 40.9 Å². The third kappa shape index (κ3) is 3.33. The third-order valence-electron chi connectivity index (χ3n) is 5.83. The van der Waals surface area contributed by atoms with Crippen LogP contribution in [0.15, 0.2) is 35.1 Å². The highest BCUT2D eigenvalue weighted by Gasteiger charge is 2.33. The molecule has 2 aliphatic rings. The Bertz CT molecular complexity index is 1220. The van der Waals surface area contributed by atoms with Crippen LogP contribution < -0.4 is 10.2 Å². The van der Waals surface area contributed by atoms with Gasteiger partial charge in [0, 0.05) is 37.4 Å². The third-order valence-corrected chi connectivity index (χ3v) is 5.83. The van der Waals surface area contributed by atoms with E-state index in [4.69, 9.17) is 4.42 Å². The second-order valence-electron chi connectivity index (χ2n) is 7.97. The van der Waals surface area contributed by atoms with Crippen LogP contribution >= 0.6 is 0 Å². The lowest BCUT2D eigenvalue weighted by Crippen LogP contribution is -2.45. The smallest absolute Gasteiger partial charge is 0.318 e. The molecule has 0 atom stereocenters. The molecule has 0 saturated carbocycles. The van der Waals surface area contributed by atoms with Crippen LogP contribution in [-0.4, -0.2) is 54.7 Å². The zero-order valence-corrected chi connectivity index (χ0v) is 16.7. The Morgan fingerprint density at radius 2 is 1.72 bits per heavy atom. The standard InChI is InChI=1S/C20H17F2N9O/c21-15-3-10-1-14(2-11(10)4-16(15)22)26-19-23-5-12(6-24-19)18-28-29-20(32-18)31-8-13(9-31)17-7-25-30-27-17/h3-7,13-14H,1-2,8-9H2,(H,23,24,26)(H,25,27,30). The van der Waals surface area contributed by atoms with Crippen molar-refractivity contribution in [3.8, 4) is 11.5 Å². The first-order chi connectivity index (χ1) is 15.6. The van der Waals surface area contributed by atoms with Crippen molar-refractivity contribution in [2.24, 2.45) is 0 Å². The molecule has 32 heavy (non-hydrogen) atoms. The number of hydrogen-bond acceptors (Lipinski definition) is 9. The highest BCUT2D eigenvalue weighted by atomic mass is 19.2. The quantitative estimate of drug-likeness (QED) is 0.483. The summed E-state index contributed by atoms with van der Waals surface area (Å²) in [5, 5.41) is 21.9. The van der Waals surface area contributed by atoms with Gasteiger partial charge in [0.05, 0.1) is 17.5 Å². The summed E-state index contributed by atoms with van der Waals surface area (Å²) in [6.07, 6.45) is 6.07. The van der Waals surface area contributed by atoms with Crippen LogP contribution in [-0.2, 0) is 12.8 Å². The number of aromatic nitrogens is 7. The van der Waals surface area contributed by atoms with Gasteiger partial charge in [-0.1, -0.05) is 5.10 Å². The molecule has 1 saturated heterocycles. The van der Waals surface area contributed by atoms with Crippen LogP contribution in [0.25, 0.3) is 11.5 Å². The van der Waals surface area contributed by atoms with Crippen molar-refractivity contribution >= 4 is 12.0 Å². The number of hydrogen-bond donors (Lipinski definition) is 2. The van der Waals surface area contributed by atoms with Crippen LogP contribution in [0.1, 0.15) is 22.7 Å². The molecule has 0 radical (unpaired) electrons. The number of nitrogens with zero attached hydrogens (tertiary/aromatic N) is 7. The molecule has 12 heteroatoms. The van der Waals surface area contributed by atoms with E-state index < -0.39 is 11.6 Å². The molecule has 0 bridgehead atoms. The van der Waals surface area contributed by atoms with Crippen molar-refractivity contribution in [3.63, 3.8) is 0 Å². The van der Waals surface area contributed by atoms with Crippen molar-refractivity contribution in [1.29, 1.82) is 0 Å². The Hall–Kier alpha value is -3.96. The minimum Gasteiger partial charge on any atom is -0.403 e. The number of rotatable bonds is 5. The highest BCUT2D eigenvalue weighted by Crippen LogP contribution is 2.31. The normalized spacial score (nSPS) is 16.2. The first-order valence-electron chi connectivity index (χ1n) is 10.1. The average molecular weight is 437 g/mol. The minimum atomic E-state index is -0.823. The molecule has 1 aliphatic heterocycles. The maximum Gasteiger partial charge on any atom is 0.318 e. The van der Waals surface area contributed by atoms with E-state index >= 15 is 0 Å². The molecule has 162 valence electrons. The highest BCUT2D eigenvalue weighted by molar-refractivity contribution is 5.52. The van der Waals surface area contributed by atoms with Crippen molar-refractivity contribution in [1.82, 2.24) is 35.6 Å². The largest absolute Gasteiger partial charge is 0.403 e. The number of fused-ring (bicyclic) bond motifs is 1. The first kappa shape index (κ1) is 18.8. The molecule has 4 heterocycles. The second kappa shape index (κ2) is 7.32. The molecule has 6 rings (SSSR count). The lowest BCUT2D eigenvalue weighted by Gasteiger charge is -2.36. The fraction of sp³-hybridized carbons (Fsp3) is 0.300. The zero-order chi connectivity index (χ0) is 21.7. The zero-order valence-electron chi connectivity index (χ0n) is 16.7. The number of benzene rings is 1. The van der Waals surface area contributed by atoms with E-state index in [1.54, 1.807) is 18.6 Å². The fourth-order valence-corrected chi connectivity index (χ4v) is 4.10. The summed E-state index contributed by atoms with van der Waals surface area (Å²) in [7, 11) is 0. The van der Waals surface area contributed by atoms with Gasteiger partial charge < -0.3 is 14.6 Å². The van der Waals surface area contributed by atoms with Crippen LogP contribution in [0.2, 0.25) is 0 Å². The average Bonchev–Trinajstić information content (AvgIpc) is 3.50. The summed E-state index contributed by atoms with van der Waals surface area (Å²) in [6.45, 7) is 1.45. The maximum atomic E-state index is 13.4. The molecule has 3 aromatic heterocycles. The SMILES string of the molecule is Fc1cc2c(cc1F)CC(Nc1ncc(-c3nnc(N4CC(c5cn[nH]n5)C4)o3)cn1)C2. The monoisotopic (exact) mass is 437 g/mol. The van der Waals surface area contributed by atoms with E-state index in [0.29, 0.717) is 36.3 Å². The van der Waals surface area contributed by atoms with Gasteiger partial charge in [0.15, 0.2) is 11.6 Å². The Labute approximate surface area is 180 Å². The number of aromatic amines is 1. The molecule has 1 aromatic carbocycles. The van der Waals surface area contributed by atoms with Crippen LogP contribution in [0.5, 0.6) is 0 Å². The molecule has 0 unspecified atom stereocenters. The predicted octanol–water partition coefficient (Wildman–Crippen LogP) is 2.11. The number of nitrogens with one attached hydrogen (secondary N) is 2. The summed E-state index contributed by atoms with van der Waals surface area (Å²) >= 11 is 0. The van der Waals surface area contributed by atoms with Gasteiger partial charge in [0.1, 0.15) is 0 Å². The number of H-pyrrole nitrogens is 1. The predicted molar refractivity (Wildman–Crippen MR) is 108 cm³/mol. The van der Waals surface area contributed by atoms with Gasteiger partial charge >= 0.3 is 6.01 Å². The van der Waals surface area contributed by atoms with Gasteiger partial charge in [-0.2, -0.15) is 15.4 Å². The van der Waals surface area contributed by atoms with E-state index in [1.807, 2.05) is 4.90 Å². The summed E-state index contributed by atoms with van der Waals surface area (Å²) < 4.78 is 32.7. The van der Waals surface area contributed by atoms with Crippen molar-refractivity contribution < 1.29 is 13.2 Å². The van der Waals surface area contributed by atoms with E-state index in [9.17, 15) is 8.78 Å². The van der Waals surface area contributed by atoms with Gasteiger partial charge in [-0.3, -0.25) is 0 Å². The fourth-order valence-electron chi connectivity index (χ4n) is 4.10. The Balaban J connectivity index is 1.08. The Morgan fingerprint density at radius 1 is 1.00 bits per heavy atom. The van der Waals surface area contributed by atoms with Gasteiger partial charge in [-0.05, 0) is 36.1 Å². The number of anilines is 2. The van der Waals surface area contributed by atoms with Gasteiger partial charge in [-0.25, -0.2) is 18.7 Å². The molecule has 1 aliphatic carbocycles. The van der Waals surface area contributed by atoms with Gasteiger partial charge in [0.25, 0.3) is 5.89 Å². The Morgan fingerprint density at radius 3 is 2.38 bits per heavy atom. The van der Waals surface area contributed by atoms with Crippen LogP contribution in [0.3, 0.4) is 0 Å². The van der Waals surface area contributed by atoms with Crippen LogP contribution in [0, 0.1) is 11.6 Å². The molecular formula is C20H17F2N9O. The molecule has 2 N–H and O–H groups in total. The maximum absolute atomic E-state index is 13.4. The van der Waals surface area contributed by atoms with E-state index in [0.717, 1.165) is 29.9 Å². The van der Waals surface area contributed by atoms with Crippen molar-refractivity contribution in [2.75, 3.05) is 23.3 Å². The Kier molecular flexibility index (Phi) is 4.30. The minimum absolute atomic E-state index is 0.0314.